The molecule has 0 radical (unpaired) electrons. The van der Waals surface area contributed by atoms with Crippen LogP contribution >= 0.6 is 0 Å². The first-order valence-electron chi connectivity index (χ1n) is 8.39. The fraction of sp³-hybridized carbons (Fsp3) is 0.471. The number of hydrogen-bond acceptors (Lipinski definition) is 5. The van der Waals surface area contributed by atoms with Gasteiger partial charge in [-0.15, -0.1) is 10.2 Å². The third-order valence-corrected chi connectivity index (χ3v) is 3.97. The standard InChI is InChI=1S/C17H24N6O2/c1-3-15(11-16-19-21-22-20-16)18-17(25)12-23(13(2)24)10-9-14-7-5-4-6-8-14/h4-8,15H,3,9-12H2,1-2H3,(H,18,25)(H,19,20,21,22). The minimum absolute atomic E-state index is 0.0465. The van der Waals surface area contributed by atoms with Crippen LogP contribution in [-0.4, -0.2) is 56.5 Å². The third-order valence-electron chi connectivity index (χ3n) is 3.97. The van der Waals surface area contributed by atoms with E-state index in [2.05, 4.69) is 25.9 Å². The van der Waals surface area contributed by atoms with E-state index in [1.807, 2.05) is 37.3 Å². The van der Waals surface area contributed by atoms with E-state index in [0.29, 0.717) is 25.2 Å². The number of hydrogen-bond donors (Lipinski definition) is 2. The van der Waals surface area contributed by atoms with Crippen molar-refractivity contribution in [3.05, 3.63) is 41.7 Å². The molecule has 1 atom stereocenters. The molecule has 8 heteroatoms. The van der Waals surface area contributed by atoms with Crippen molar-refractivity contribution in [3.8, 4) is 0 Å². The van der Waals surface area contributed by atoms with Gasteiger partial charge in [0.1, 0.15) is 0 Å². The molecule has 134 valence electrons. The van der Waals surface area contributed by atoms with Crippen molar-refractivity contribution < 1.29 is 9.59 Å². The number of carbonyl (C=O) groups excluding carboxylic acids is 2. The maximum absolute atomic E-state index is 12.3. The molecule has 1 heterocycles. The predicted molar refractivity (Wildman–Crippen MR) is 92.5 cm³/mol. The van der Waals surface area contributed by atoms with Crippen LogP contribution in [-0.2, 0) is 22.4 Å². The van der Waals surface area contributed by atoms with Crippen molar-refractivity contribution in [1.29, 1.82) is 0 Å². The Labute approximate surface area is 147 Å². The van der Waals surface area contributed by atoms with Gasteiger partial charge in [-0.25, -0.2) is 0 Å². The molecule has 2 aromatic rings. The summed E-state index contributed by atoms with van der Waals surface area (Å²) in [6.45, 7) is 4.01. The van der Waals surface area contributed by atoms with Gasteiger partial charge in [-0.05, 0) is 18.4 Å². The number of amides is 2. The summed E-state index contributed by atoms with van der Waals surface area (Å²) in [7, 11) is 0. The number of tetrazole rings is 1. The van der Waals surface area contributed by atoms with Gasteiger partial charge < -0.3 is 10.2 Å². The smallest absolute Gasteiger partial charge is 0.239 e. The lowest BCUT2D eigenvalue weighted by atomic mass is 10.1. The molecule has 25 heavy (non-hydrogen) atoms. The van der Waals surface area contributed by atoms with Crippen molar-refractivity contribution in [2.75, 3.05) is 13.1 Å². The molecule has 1 aromatic heterocycles. The molecule has 1 aromatic carbocycles. The molecule has 0 aliphatic heterocycles. The molecule has 0 saturated heterocycles. The molecule has 2 amide bonds. The van der Waals surface area contributed by atoms with Gasteiger partial charge in [-0.3, -0.25) is 9.59 Å². The van der Waals surface area contributed by atoms with Gasteiger partial charge in [-0.2, -0.15) is 5.21 Å². The van der Waals surface area contributed by atoms with Gasteiger partial charge >= 0.3 is 0 Å². The fourth-order valence-electron chi connectivity index (χ4n) is 2.49. The highest BCUT2D eigenvalue weighted by molar-refractivity contribution is 5.83. The second kappa shape index (κ2) is 9.51. The molecule has 0 bridgehead atoms. The van der Waals surface area contributed by atoms with E-state index in [1.165, 1.54) is 6.92 Å². The first kappa shape index (κ1) is 18.6. The monoisotopic (exact) mass is 344 g/mol. The molecule has 2 rings (SSSR count). The molecule has 0 aliphatic carbocycles. The van der Waals surface area contributed by atoms with Gasteiger partial charge in [0.25, 0.3) is 0 Å². The van der Waals surface area contributed by atoms with Crippen LogP contribution < -0.4 is 5.32 Å². The van der Waals surface area contributed by atoms with Gasteiger partial charge in [-0.1, -0.05) is 42.5 Å². The molecular weight excluding hydrogens is 320 g/mol. The molecular formula is C17H24N6O2. The molecule has 0 fully saturated rings. The van der Waals surface area contributed by atoms with E-state index < -0.39 is 0 Å². The Balaban J connectivity index is 1.85. The molecule has 1 unspecified atom stereocenters. The number of benzene rings is 1. The zero-order valence-corrected chi connectivity index (χ0v) is 14.6. The Bertz CT molecular complexity index is 659. The third kappa shape index (κ3) is 6.33. The number of H-pyrrole nitrogens is 1. The van der Waals surface area contributed by atoms with Crippen LogP contribution in [0.5, 0.6) is 0 Å². The molecule has 8 nitrogen and oxygen atoms in total. The lowest BCUT2D eigenvalue weighted by Crippen LogP contribution is -2.44. The van der Waals surface area contributed by atoms with E-state index in [9.17, 15) is 9.59 Å². The summed E-state index contributed by atoms with van der Waals surface area (Å²) in [6.07, 6.45) is 1.96. The maximum Gasteiger partial charge on any atom is 0.239 e. The van der Waals surface area contributed by atoms with E-state index in [0.717, 1.165) is 12.0 Å². The lowest BCUT2D eigenvalue weighted by molar-refractivity contribution is -0.134. The van der Waals surface area contributed by atoms with Gasteiger partial charge in [0.2, 0.25) is 11.8 Å². The average Bonchev–Trinajstić information content (AvgIpc) is 3.11. The topological polar surface area (TPSA) is 104 Å². The second-order valence-electron chi connectivity index (χ2n) is 5.88. The van der Waals surface area contributed by atoms with E-state index in [-0.39, 0.29) is 24.4 Å². The Morgan fingerprint density at radius 1 is 1.28 bits per heavy atom. The van der Waals surface area contributed by atoms with Gasteiger partial charge in [0, 0.05) is 25.9 Å². The van der Waals surface area contributed by atoms with Crippen molar-refractivity contribution >= 4 is 11.8 Å². The highest BCUT2D eigenvalue weighted by Gasteiger charge is 2.17. The highest BCUT2D eigenvalue weighted by atomic mass is 16.2. The SMILES string of the molecule is CCC(Cc1nn[nH]n1)NC(=O)CN(CCc1ccccc1)C(C)=O. The van der Waals surface area contributed by atoms with Gasteiger partial charge in [0.05, 0.1) is 6.54 Å². The van der Waals surface area contributed by atoms with Crippen molar-refractivity contribution in [2.24, 2.45) is 0 Å². The number of carbonyl (C=O) groups is 2. The fourth-order valence-corrected chi connectivity index (χ4v) is 2.49. The quantitative estimate of drug-likeness (QED) is 0.698. The molecule has 2 N–H and O–H groups in total. The normalized spacial score (nSPS) is 11.8. The summed E-state index contributed by atoms with van der Waals surface area (Å²) < 4.78 is 0. The van der Waals surface area contributed by atoms with Crippen LogP contribution in [0.3, 0.4) is 0 Å². The summed E-state index contributed by atoms with van der Waals surface area (Å²) in [5.41, 5.74) is 1.14. The molecule has 0 saturated carbocycles. The zero-order valence-electron chi connectivity index (χ0n) is 14.6. The van der Waals surface area contributed by atoms with Crippen molar-refractivity contribution in [3.63, 3.8) is 0 Å². The van der Waals surface area contributed by atoms with Crippen LogP contribution in [0, 0.1) is 0 Å². The number of rotatable bonds is 9. The highest BCUT2D eigenvalue weighted by Crippen LogP contribution is 2.03. The van der Waals surface area contributed by atoms with Gasteiger partial charge in [0.15, 0.2) is 5.82 Å². The number of aromatic amines is 1. The van der Waals surface area contributed by atoms with Crippen LogP contribution in [0.1, 0.15) is 31.7 Å². The van der Waals surface area contributed by atoms with E-state index >= 15 is 0 Å². The number of nitrogens with zero attached hydrogens (tertiary/aromatic N) is 4. The Hall–Kier alpha value is -2.77. The van der Waals surface area contributed by atoms with Crippen molar-refractivity contribution in [1.82, 2.24) is 30.8 Å². The van der Waals surface area contributed by atoms with Crippen LogP contribution in [0.4, 0.5) is 0 Å². The number of aromatic nitrogens is 4. The van der Waals surface area contributed by atoms with Crippen LogP contribution in [0.25, 0.3) is 0 Å². The summed E-state index contributed by atoms with van der Waals surface area (Å²) >= 11 is 0. The first-order valence-corrected chi connectivity index (χ1v) is 8.39. The summed E-state index contributed by atoms with van der Waals surface area (Å²) in [6, 6.07) is 9.81. The Kier molecular flexibility index (Phi) is 7.06. The summed E-state index contributed by atoms with van der Waals surface area (Å²) in [5.74, 6) is 0.260. The van der Waals surface area contributed by atoms with E-state index in [4.69, 9.17) is 0 Å². The molecule has 0 aliphatic rings. The summed E-state index contributed by atoms with van der Waals surface area (Å²) in [5, 5.41) is 16.6. The number of nitrogens with one attached hydrogen (secondary N) is 2. The zero-order chi connectivity index (χ0) is 18.1. The first-order chi connectivity index (χ1) is 12.1. The maximum atomic E-state index is 12.3. The van der Waals surface area contributed by atoms with Crippen LogP contribution in [0.15, 0.2) is 30.3 Å². The van der Waals surface area contributed by atoms with E-state index in [1.54, 1.807) is 4.90 Å². The predicted octanol–water partition coefficient (Wildman–Crippen LogP) is 0.728. The largest absolute Gasteiger partial charge is 0.351 e. The summed E-state index contributed by atoms with van der Waals surface area (Å²) in [4.78, 5) is 25.7. The molecule has 0 spiro atoms. The van der Waals surface area contributed by atoms with Crippen LogP contribution in [0.2, 0.25) is 0 Å². The minimum Gasteiger partial charge on any atom is -0.351 e. The lowest BCUT2D eigenvalue weighted by Gasteiger charge is -2.22. The van der Waals surface area contributed by atoms with Crippen molar-refractivity contribution in [2.45, 2.75) is 39.2 Å². The Morgan fingerprint density at radius 3 is 2.64 bits per heavy atom. The second-order valence-corrected chi connectivity index (χ2v) is 5.88. The Morgan fingerprint density at radius 2 is 2.04 bits per heavy atom. The minimum atomic E-state index is -0.182. The average molecular weight is 344 g/mol.